The van der Waals surface area contributed by atoms with Crippen LogP contribution in [0.4, 0.5) is 8.78 Å². The van der Waals surface area contributed by atoms with Crippen molar-refractivity contribution in [2.24, 2.45) is 0 Å². The highest BCUT2D eigenvalue weighted by molar-refractivity contribution is 5.92. The van der Waals surface area contributed by atoms with Gasteiger partial charge in [-0.25, -0.2) is 8.78 Å². The molecule has 1 amide bonds. The van der Waals surface area contributed by atoms with Gasteiger partial charge in [0.25, 0.3) is 0 Å². The Balaban J connectivity index is 1.74. The number of nitrogens with one attached hydrogen (secondary N) is 1. The van der Waals surface area contributed by atoms with Crippen molar-refractivity contribution in [3.05, 3.63) is 89.5 Å². The lowest BCUT2D eigenvalue weighted by Gasteiger charge is -2.16. The summed E-state index contributed by atoms with van der Waals surface area (Å²) in [6, 6.07) is 16.0. The maximum atomic E-state index is 13.6. The number of aliphatic hydroxyl groups excluding tert-OH is 1. The summed E-state index contributed by atoms with van der Waals surface area (Å²) in [6.45, 7) is -0.275. The Labute approximate surface area is 149 Å². The molecule has 0 saturated carbocycles. The van der Waals surface area contributed by atoms with Crippen LogP contribution < -0.4 is 5.32 Å². The minimum absolute atomic E-state index is 0.104. The number of hydrogen-bond donors (Lipinski definition) is 2. The molecule has 0 bridgehead atoms. The van der Waals surface area contributed by atoms with Crippen LogP contribution in [-0.4, -0.2) is 17.6 Å². The molecule has 3 aromatic rings. The Hall–Kier alpha value is -3.05. The number of benzene rings is 3. The molecule has 26 heavy (non-hydrogen) atoms. The molecular weight excluding hydrogens is 336 g/mol. The Bertz CT molecular complexity index is 969. The standard InChI is InChI=1S/C21H17F2NO2/c22-18-9-7-15(19(23)12-18)8-10-21(26)24-20(13-25)17-6-5-14-3-1-2-4-16(14)11-17/h1-12,20,25H,13H2,(H,24,26)/t20-/m0/s1. The topological polar surface area (TPSA) is 49.3 Å². The van der Waals surface area contributed by atoms with Crippen LogP contribution >= 0.6 is 0 Å². The van der Waals surface area contributed by atoms with E-state index >= 15 is 0 Å². The molecule has 3 nitrogen and oxygen atoms in total. The van der Waals surface area contributed by atoms with Crippen molar-refractivity contribution >= 4 is 22.8 Å². The number of carbonyl (C=O) groups excluding carboxylic acids is 1. The van der Waals surface area contributed by atoms with Gasteiger partial charge in [-0.3, -0.25) is 4.79 Å². The largest absolute Gasteiger partial charge is 0.394 e. The van der Waals surface area contributed by atoms with E-state index < -0.39 is 23.6 Å². The third-order valence-electron chi connectivity index (χ3n) is 4.05. The molecule has 0 aliphatic heterocycles. The summed E-state index contributed by atoms with van der Waals surface area (Å²) in [7, 11) is 0. The number of fused-ring (bicyclic) bond motifs is 1. The fourth-order valence-corrected chi connectivity index (χ4v) is 2.68. The highest BCUT2D eigenvalue weighted by Gasteiger charge is 2.13. The van der Waals surface area contributed by atoms with Crippen LogP contribution in [0.2, 0.25) is 0 Å². The zero-order chi connectivity index (χ0) is 18.5. The lowest BCUT2D eigenvalue weighted by atomic mass is 10.0. The Kier molecular flexibility index (Phi) is 5.39. The van der Waals surface area contributed by atoms with E-state index in [0.29, 0.717) is 0 Å². The molecule has 0 aromatic heterocycles. The summed E-state index contributed by atoms with van der Waals surface area (Å²) in [5, 5.41) is 14.4. The van der Waals surface area contributed by atoms with E-state index in [1.807, 2.05) is 42.5 Å². The van der Waals surface area contributed by atoms with Crippen LogP contribution in [0, 0.1) is 11.6 Å². The zero-order valence-corrected chi connectivity index (χ0v) is 13.8. The summed E-state index contributed by atoms with van der Waals surface area (Å²) in [5.41, 5.74) is 0.869. The van der Waals surface area contributed by atoms with Crippen LogP contribution in [0.3, 0.4) is 0 Å². The summed E-state index contributed by atoms with van der Waals surface area (Å²) in [5.74, 6) is -1.91. The van der Waals surface area contributed by atoms with Crippen molar-refractivity contribution in [3.63, 3.8) is 0 Å². The van der Waals surface area contributed by atoms with Gasteiger partial charge >= 0.3 is 0 Å². The fraction of sp³-hybridized carbons (Fsp3) is 0.0952. The van der Waals surface area contributed by atoms with Crippen molar-refractivity contribution in [3.8, 4) is 0 Å². The smallest absolute Gasteiger partial charge is 0.244 e. The number of rotatable bonds is 5. The van der Waals surface area contributed by atoms with Gasteiger partial charge in [0.05, 0.1) is 12.6 Å². The van der Waals surface area contributed by atoms with Crippen molar-refractivity contribution < 1.29 is 18.7 Å². The zero-order valence-electron chi connectivity index (χ0n) is 13.8. The van der Waals surface area contributed by atoms with Crippen LogP contribution in [0.25, 0.3) is 16.8 Å². The average molecular weight is 353 g/mol. The molecule has 2 N–H and O–H groups in total. The van der Waals surface area contributed by atoms with E-state index in [9.17, 15) is 18.7 Å². The minimum Gasteiger partial charge on any atom is -0.394 e. The molecule has 0 radical (unpaired) electrons. The number of amides is 1. The molecule has 132 valence electrons. The van der Waals surface area contributed by atoms with Gasteiger partial charge in [0.1, 0.15) is 11.6 Å². The van der Waals surface area contributed by atoms with Gasteiger partial charge in [-0.2, -0.15) is 0 Å². The van der Waals surface area contributed by atoms with Gasteiger partial charge in [-0.15, -0.1) is 0 Å². The second-order valence-corrected chi connectivity index (χ2v) is 5.85. The Morgan fingerprint density at radius 3 is 2.54 bits per heavy atom. The number of halogens is 2. The Morgan fingerprint density at radius 2 is 1.81 bits per heavy atom. The van der Waals surface area contributed by atoms with Gasteiger partial charge in [-0.05, 0) is 40.6 Å². The maximum Gasteiger partial charge on any atom is 0.244 e. The first-order chi connectivity index (χ1) is 12.6. The summed E-state index contributed by atoms with van der Waals surface area (Å²) in [6.07, 6.45) is 2.42. The molecule has 3 rings (SSSR count). The molecule has 5 heteroatoms. The molecule has 0 aliphatic rings. The molecule has 0 spiro atoms. The summed E-state index contributed by atoms with van der Waals surface area (Å²) >= 11 is 0. The third kappa shape index (κ3) is 4.13. The fourth-order valence-electron chi connectivity index (χ4n) is 2.68. The van der Waals surface area contributed by atoms with Crippen LogP contribution in [0.1, 0.15) is 17.2 Å². The van der Waals surface area contributed by atoms with Crippen molar-refractivity contribution in [2.75, 3.05) is 6.61 Å². The highest BCUT2D eigenvalue weighted by atomic mass is 19.1. The third-order valence-corrected chi connectivity index (χ3v) is 4.05. The molecular formula is C21H17F2NO2. The van der Waals surface area contributed by atoms with Gasteiger partial charge < -0.3 is 10.4 Å². The first kappa shape index (κ1) is 17.8. The number of carbonyl (C=O) groups is 1. The van der Waals surface area contributed by atoms with E-state index in [4.69, 9.17) is 0 Å². The predicted octanol–water partition coefficient (Wildman–Crippen LogP) is 3.98. The van der Waals surface area contributed by atoms with Gasteiger partial charge in [0.2, 0.25) is 5.91 Å². The minimum atomic E-state index is -0.748. The number of aliphatic hydroxyl groups is 1. The summed E-state index contributed by atoms with van der Waals surface area (Å²) in [4.78, 5) is 12.1. The normalized spacial score (nSPS) is 12.4. The molecule has 1 atom stereocenters. The molecule has 0 aliphatic carbocycles. The van der Waals surface area contributed by atoms with Crippen molar-refractivity contribution in [1.29, 1.82) is 0 Å². The van der Waals surface area contributed by atoms with Crippen molar-refractivity contribution in [1.82, 2.24) is 5.32 Å². The van der Waals surface area contributed by atoms with E-state index in [-0.39, 0.29) is 12.2 Å². The molecule has 0 heterocycles. The first-order valence-electron chi connectivity index (χ1n) is 8.10. The molecule has 0 unspecified atom stereocenters. The molecule has 3 aromatic carbocycles. The highest BCUT2D eigenvalue weighted by Crippen LogP contribution is 2.20. The second-order valence-electron chi connectivity index (χ2n) is 5.85. The lowest BCUT2D eigenvalue weighted by Crippen LogP contribution is -2.29. The maximum absolute atomic E-state index is 13.6. The second kappa shape index (κ2) is 7.89. The quantitative estimate of drug-likeness (QED) is 0.682. The Morgan fingerprint density at radius 1 is 1.04 bits per heavy atom. The first-order valence-corrected chi connectivity index (χ1v) is 8.10. The monoisotopic (exact) mass is 353 g/mol. The van der Waals surface area contributed by atoms with Gasteiger partial charge in [0, 0.05) is 17.7 Å². The SMILES string of the molecule is O=C(C=Cc1ccc(F)cc1F)N[C@@H](CO)c1ccc2ccccc2c1. The van der Waals surface area contributed by atoms with E-state index in [0.717, 1.165) is 34.5 Å². The van der Waals surface area contributed by atoms with Gasteiger partial charge in [-0.1, -0.05) is 36.4 Å². The van der Waals surface area contributed by atoms with Crippen LogP contribution in [-0.2, 0) is 4.79 Å². The number of hydrogen-bond acceptors (Lipinski definition) is 2. The van der Waals surface area contributed by atoms with Crippen molar-refractivity contribution in [2.45, 2.75) is 6.04 Å². The van der Waals surface area contributed by atoms with Crippen LogP contribution in [0.5, 0.6) is 0 Å². The van der Waals surface area contributed by atoms with Crippen LogP contribution in [0.15, 0.2) is 66.7 Å². The van der Waals surface area contributed by atoms with E-state index in [1.165, 1.54) is 12.1 Å². The lowest BCUT2D eigenvalue weighted by molar-refractivity contribution is -0.117. The predicted molar refractivity (Wildman–Crippen MR) is 97.3 cm³/mol. The van der Waals surface area contributed by atoms with E-state index in [1.54, 1.807) is 0 Å². The van der Waals surface area contributed by atoms with E-state index in [2.05, 4.69) is 5.32 Å². The molecule has 0 saturated heterocycles. The molecule has 0 fully saturated rings. The average Bonchev–Trinajstić information content (AvgIpc) is 2.65. The van der Waals surface area contributed by atoms with Gasteiger partial charge in [0.15, 0.2) is 0 Å². The summed E-state index contributed by atoms with van der Waals surface area (Å²) < 4.78 is 26.5.